The maximum absolute atomic E-state index is 11.6. The molecule has 0 saturated heterocycles. The molecule has 0 saturated carbocycles. The highest BCUT2D eigenvalue weighted by Crippen LogP contribution is 2.27. The van der Waals surface area contributed by atoms with Crippen molar-refractivity contribution in [1.82, 2.24) is 0 Å². The van der Waals surface area contributed by atoms with Crippen LogP contribution < -0.4 is 0 Å². The van der Waals surface area contributed by atoms with Gasteiger partial charge in [0.05, 0.1) is 0 Å². The first-order valence-corrected chi connectivity index (χ1v) is 6.67. The highest BCUT2D eigenvalue weighted by molar-refractivity contribution is 5.78. The van der Waals surface area contributed by atoms with E-state index in [4.69, 9.17) is 0 Å². The second-order valence-corrected chi connectivity index (χ2v) is 4.93. The first-order chi connectivity index (χ1) is 8.08. The van der Waals surface area contributed by atoms with Crippen LogP contribution in [-0.4, -0.2) is 5.78 Å². The van der Waals surface area contributed by atoms with Crippen LogP contribution in [-0.2, 0) is 4.79 Å². The Labute approximate surface area is 105 Å². The molecule has 1 heteroatoms. The number of carbonyl (C=O) groups is 1. The molecular formula is C16H24O. The molecule has 0 aromatic heterocycles. The van der Waals surface area contributed by atoms with Crippen molar-refractivity contribution >= 4 is 5.78 Å². The predicted molar refractivity (Wildman–Crippen MR) is 73.5 cm³/mol. The lowest BCUT2D eigenvalue weighted by atomic mass is 9.88. The Morgan fingerprint density at radius 1 is 1.18 bits per heavy atom. The van der Waals surface area contributed by atoms with Crippen molar-refractivity contribution in [2.45, 2.75) is 59.3 Å². The molecule has 0 amide bonds. The van der Waals surface area contributed by atoms with Crippen molar-refractivity contribution in [1.29, 1.82) is 0 Å². The SMILES string of the molecule is CCCC(CC(=O)CC)c1ccc(C)c(C)c1. The minimum Gasteiger partial charge on any atom is -0.300 e. The molecule has 0 aliphatic heterocycles. The normalized spacial score (nSPS) is 12.5. The highest BCUT2D eigenvalue weighted by Gasteiger charge is 2.14. The molecule has 0 spiro atoms. The van der Waals surface area contributed by atoms with E-state index in [-0.39, 0.29) is 0 Å². The lowest BCUT2D eigenvalue weighted by molar-refractivity contribution is -0.119. The molecule has 1 atom stereocenters. The molecule has 1 aromatic carbocycles. The monoisotopic (exact) mass is 232 g/mol. The van der Waals surface area contributed by atoms with Gasteiger partial charge >= 0.3 is 0 Å². The summed E-state index contributed by atoms with van der Waals surface area (Å²) in [6.07, 6.45) is 3.60. The molecule has 0 heterocycles. The summed E-state index contributed by atoms with van der Waals surface area (Å²) >= 11 is 0. The van der Waals surface area contributed by atoms with Gasteiger partial charge in [0.1, 0.15) is 5.78 Å². The zero-order valence-electron chi connectivity index (χ0n) is 11.5. The van der Waals surface area contributed by atoms with E-state index in [1.54, 1.807) is 0 Å². The Balaban J connectivity index is 2.88. The third-order valence-corrected chi connectivity index (χ3v) is 3.51. The van der Waals surface area contributed by atoms with E-state index in [0.29, 0.717) is 24.5 Å². The second-order valence-electron chi connectivity index (χ2n) is 4.93. The summed E-state index contributed by atoms with van der Waals surface area (Å²) in [5.74, 6) is 0.786. The molecule has 0 aliphatic carbocycles. The highest BCUT2D eigenvalue weighted by atomic mass is 16.1. The molecule has 17 heavy (non-hydrogen) atoms. The average molecular weight is 232 g/mol. The minimum absolute atomic E-state index is 0.377. The molecule has 0 N–H and O–H groups in total. The van der Waals surface area contributed by atoms with Crippen LogP contribution in [0.2, 0.25) is 0 Å². The van der Waals surface area contributed by atoms with E-state index in [1.165, 1.54) is 16.7 Å². The van der Waals surface area contributed by atoms with Crippen molar-refractivity contribution in [3.8, 4) is 0 Å². The van der Waals surface area contributed by atoms with E-state index in [1.807, 2.05) is 6.92 Å². The fourth-order valence-corrected chi connectivity index (χ4v) is 2.17. The van der Waals surface area contributed by atoms with Gasteiger partial charge in [0, 0.05) is 12.8 Å². The van der Waals surface area contributed by atoms with Gasteiger partial charge in [0.15, 0.2) is 0 Å². The van der Waals surface area contributed by atoms with E-state index in [9.17, 15) is 4.79 Å². The predicted octanol–water partition coefficient (Wildman–Crippen LogP) is 4.56. The van der Waals surface area contributed by atoms with Gasteiger partial charge < -0.3 is 0 Å². The van der Waals surface area contributed by atoms with Gasteiger partial charge in [0.2, 0.25) is 0 Å². The third-order valence-electron chi connectivity index (χ3n) is 3.51. The van der Waals surface area contributed by atoms with Crippen LogP contribution in [0.4, 0.5) is 0 Å². The second kappa shape index (κ2) is 6.58. The van der Waals surface area contributed by atoms with E-state index in [2.05, 4.69) is 39.0 Å². The van der Waals surface area contributed by atoms with Gasteiger partial charge in [-0.3, -0.25) is 4.79 Å². The molecule has 1 rings (SSSR count). The van der Waals surface area contributed by atoms with Gasteiger partial charge in [-0.2, -0.15) is 0 Å². The zero-order chi connectivity index (χ0) is 12.8. The van der Waals surface area contributed by atoms with E-state index < -0.39 is 0 Å². The summed E-state index contributed by atoms with van der Waals surface area (Å²) in [6.45, 7) is 8.41. The standard InChI is InChI=1S/C16H24O/c1-5-7-14(11-16(17)6-2)15-9-8-12(3)13(4)10-15/h8-10,14H,5-7,11H2,1-4H3. The summed E-state index contributed by atoms with van der Waals surface area (Å²) in [5, 5.41) is 0. The maximum Gasteiger partial charge on any atom is 0.133 e. The zero-order valence-corrected chi connectivity index (χ0v) is 11.5. The van der Waals surface area contributed by atoms with Crippen LogP contribution in [0, 0.1) is 13.8 Å². The Kier molecular flexibility index (Phi) is 5.40. The van der Waals surface area contributed by atoms with Crippen LogP contribution >= 0.6 is 0 Å². The number of rotatable bonds is 6. The summed E-state index contributed by atoms with van der Waals surface area (Å²) in [5.41, 5.74) is 3.98. The topological polar surface area (TPSA) is 17.1 Å². The molecule has 1 nitrogen and oxygen atoms in total. The van der Waals surface area contributed by atoms with Crippen molar-refractivity contribution in [3.63, 3.8) is 0 Å². The van der Waals surface area contributed by atoms with Gasteiger partial charge in [-0.05, 0) is 42.9 Å². The van der Waals surface area contributed by atoms with E-state index >= 15 is 0 Å². The molecule has 0 fully saturated rings. The molecule has 0 aliphatic rings. The van der Waals surface area contributed by atoms with Gasteiger partial charge in [-0.25, -0.2) is 0 Å². The van der Waals surface area contributed by atoms with Gasteiger partial charge in [0.25, 0.3) is 0 Å². The fourth-order valence-electron chi connectivity index (χ4n) is 2.17. The van der Waals surface area contributed by atoms with Crippen molar-refractivity contribution in [3.05, 3.63) is 34.9 Å². The summed E-state index contributed by atoms with van der Waals surface area (Å²) in [4.78, 5) is 11.6. The summed E-state index contributed by atoms with van der Waals surface area (Å²) < 4.78 is 0. The third kappa shape index (κ3) is 3.99. The molecule has 1 unspecified atom stereocenters. The Hall–Kier alpha value is -1.11. The minimum atomic E-state index is 0.377. The van der Waals surface area contributed by atoms with Crippen LogP contribution in [0.15, 0.2) is 18.2 Å². The number of aryl methyl sites for hydroxylation is 2. The van der Waals surface area contributed by atoms with Crippen LogP contribution in [0.1, 0.15) is 62.1 Å². The molecule has 94 valence electrons. The van der Waals surface area contributed by atoms with Crippen LogP contribution in [0.25, 0.3) is 0 Å². The number of carbonyl (C=O) groups excluding carboxylic acids is 1. The average Bonchev–Trinajstić information content (AvgIpc) is 2.32. The summed E-state index contributed by atoms with van der Waals surface area (Å²) in [7, 11) is 0. The number of hydrogen-bond donors (Lipinski definition) is 0. The largest absolute Gasteiger partial charge is 0.300 e. The van der Waals surface area contributed by atoms with Crippen molar-refractivity contribution in [2.75, 3.05) is 0 Å². The van der Waals surface area contributed by atoms with Crippen LogP contribution in [0.5, 0.6) is 0 Å². The van der Waals surface area contributed by atoms with Crippen molar-refractivity contribution in [2.24, 2.45) is 0 Å². The quantitative estimate of drug-likeness (QED) is 0.703. The van der Waals surface area contributed by atoms with Crippen LogP contribution in [0.3, 0.4) is 0 Å². The lowest BCUT2D eigenvalue weighted by Crippen LogP contribution is -2.06. The number of benzene rings is 1. The molecule has 0 radical (unpaired) electrons. The Morgan fingerprint density at radius 2 is 1.88 bits per heavy atom. The Morgan fingerprint density at radius 3 is 2.41 bits per heavy atom. The first-order valence-electron chi connectivity index (χ1n) is 6.67. The van der Waals surface area contributed by atoms with Gasteiger partial charge in [-0.15, -0.1) is 0 Å². The smallest absolute Gasteiger partial charge is 0.133 e. The number of Topliss-reactive ketones (excluding diaryl/α,β-unsaturated/α-hetero) is 1. The lowest BCUT2D eigenvalue weighted by Gasteiger charge is -2.17. The molecule has 0 bridgehead atoms. The Bertz CT molecular complexity index is 379. The number of hydrogen-bond acceptors (Lipinski definition) is 1. The maximum atomic E-state index is 11.6. The summed E-state index contributed by atoms with van der Waals surface area (Å²) in [6, 6.07) is 6.61. The first kappa shape index (κ1) is 14.0. The van der Waals surface area contributed by atoms with Gasteiger partial charge in [-0.1, -0.05) is 38.5 Å². The molecular weight excluding hydrogens is 208 g/mol. The fraction of sp³-hybridized carbons (Fsp3) is 0.562. The number of ketones is 1. The molecule has 1 aromatic rings. The van der Waals surface area contributed by atoms with Crippen molar-refractivity contribution < 1.29 is 4.79 Å². The van der Waals surface area contributed by atoms with E-state index in [0.717, 1.165) is 12.8 Å².